The molecule has 27 heavy (non-hydrogen) atoms. The SMILES string of the molecule is CCCc1noc(CSc2nnc3n(CCC)c(=O)c4ccccc4n23)n1. The van der Waals surface area contributed by atoms with Crippen molar-refractivity contribution in [3.63, 3.8) is 0 Å². The Morgan fingerprint density at radius 3 is 2.81 bits per heavy atom. The molecule has 8 nitrogen and oxygen atoms in total. The second-order valence-electron chi connectivity index (χ2n) is 6.23. The van der Waals surface area contributed by atoms with Crippen LogP contribution in [0.25, 0.3) is 16.7 Å². The van der Waals surface area contributed by atoms with Crippen LogP contribution >= 0.6 is 11.8 Å². The van der Waals surface area contributed by atoms with Crippen LogP contribution in [0.15, 0.2) is 38.7 Å². The van der Waals surface area contributed by atoms with Crippen LogP contribution in [-0.4, -0.2) is 29.3 Å². The van der Waals surface area contributed by atoms with Crippen LogP contribution < -0.4 is 5.56 Å². The summed E-state index contributed by atoms with van der Waals surface area (Å²) in [4.78, 5) is 17.2. The number of aryl methyl sites for hydroxylation is 2. The Morgan fingerprint density at radius 1 is 1.15 bits per heavy atom. The first kappa shape index (κ1) is 17.7. The molecule has 0 fully saturated rings. The molecule has 0 atom stereocenters. The molecule has 0 unspecified atom stereocenters. The van der Waals surface area contributed by atoms with Crippen LogP contribution in [-0.2, 0) is 18.7 Å². The summed E-state index contributed by atoms with van der Waals surface area (Å²) in [7, 11) is 0. The van der Waals surface area contributed by atoms with Gasteiger partial charge in [0.1, 0.15) is 0 Å². The van der Waals surface area contributed by atoms with E-state index in [1.54, 1.807) is 4.57 Å². The number of thioether (sulfide) groups is 1. The second kappa shape index (κ2) is 7.51. The Bertz CT molecular complexity index is 1150. The molecular weight excluding hydrogens is 364 g/mol. The van der Waals surface area contributed by atoms with E-state index in [9.17, 15) is 4.79 Å². The van der Waals surface area contributed by atoms with Crippen molar-refractivity contribution in [3.8, 4) is 0 Å². The van der Waals surface area contributed by atoms with Gasteiger partial charge in [0.2, 0.25) is 11.7 Å². The van der Waals surface area contributed by atoms with E-state index >= 15 is 0 Å². The Hall–Kier alpha value is -2.68. The number of hydrogen-bond acceptors (Lipinski definition) is 7. The fourth-order valence-electron chi connectivity index (χ4n) is 3.05. The number of rotatable bonds is 7. The zero-order valence-corrected chi connectivity index (χ0v) is 16.1. The minimum atomic E-state index is -0.0370. The van der Waals surface area contributed by atoms with Gasteiger partial charge < -0.3 is 4.52 Å². The summed E-state index contributed by atoms with van der Waals surface area (Å²) in [5.74, 6) is 2.34. The van der Waals surface area contributed by atoms with E-state index in [4.69, 9.17) is 4.52 Å². The smallest absolute Gasteiger partial charge is 0.262 e. The van der Waals surface area contributed by atoms with E-state index in [1.165, 1.54) is 11.8 Å². The van der Waals surface area contributed by atoms with Crippen molar-refractivity contribution in [2.45, 2.75) is 50.6 Å². The lowest BCUT2D eigenvalue weighted by atomic mass is 10.2. The predicted octanol–water partition coefficient (Wildman–Crippen LogP) is 3.08. The molecule has 0 N–H and O–H groups in total. The molecule has 3 heterocycles. The molecule has 0 radical (unpaired) electrons. The van der Waals surface area contributed by atoms with Gasteiger partial charge in [-0.3, -0.25) is 13.8 Å². The van der Waals surface area contributed by atoms with Crippen LogP contribution in [0.3, 0.4) is 0 Å². The zero-order chi connectivity index (χ0) is 18.8. The summed E-state index contributed by atoms with van der Waals surface area (Å²) in [6, 6.07) is 7.54. The first-order chi connectivity index (χ1) is 13.2. The lowest BCUT2D eigenvalue weighted by Crippen LogP contribution is -2.23. The lowest BCUT2D eigenvalue weighted by Gasteiger charge is -2.10. The second-order valence-corrected chi connectivity index (χ2v) is 7.18. The maximum atomic E-state index is 12.8. The largest absolute Gasteiger partial charge is 0.338 e. The van der Waals surface area contributed by atoms with Gasteiger partial charge >= 0.3 is 0 Å². The van der Waals surface area contributed by atoms with Gasteiger partial charge in [0, 0.05) is 13.0 Å². The van der Waals surface area contributed by atoms with Crippen LogP contribution in [0.2, 0.25) is 0 Å². The molecule has 4 aromatic rings. The monoisotopic (exact) mass is 384 g/mol. The van der Waals surface area contributed by atoms with Gasteiger partial charge in [0.05, 0.1) is 16.7 Å². The third kappa shape index (κ3) is 3.23. The maximum Gasteiger partial charge on any atom is 0.262 e. The predicted molar refractivity (Wildman–Crippen MR) is 103 cm³/mol. The van der Waals surface area contributed by atoms with E-state index in [2.05, 4.69) is 27.3 Å². The van der Waals surface area contributed by atoms with Crippen LogP contribution in [0.4, 0.5) is 0 Å². The fraction of sp³-hybridized carbons (Fsp3) is 0.389. The molecule has 9 heteroatoms. The van der Waals surface area contributed by atoms with Gasteiger partial charge in [-0.25, -0.2) is 0 Å². The number of nitrogens with zero attached hydrogens (tertiary/aromatic N) is 6. The van der Waals surface area contributed by atoms with Gasteiger partial charge in [-0.2, -0.15) is 4.98 Å². The highest BCUT2D eigenvalue weighted by atomic mass is 32.2. The van der Waals surface area contributed by atoms with E-state index in [0.29, 0.717) is 34.5 Å². The van der Waals surface area contributed by atoms with E-state index in [0.717, 1.165) is 30.6 Å². The van der Waals surface area contributed by atoms with Crippen molar-refractivity contribution in [2.75, 3.05) is 0 Å². The third-order valence-corrected chi connectivity index (χ3v) is 5.15. The summed E-state index contributed by atoms with van der Waals surface area (Å²) in [6.45, 7) is 4.71. The Morgan fingerprint density at radius 2 is 2.00 bits per heavy atom. The van der Waals surface area contributed by atoms with Gasteiger partial charge in [-0.15, -0.1) is 10.2 Å². The fourth-order valence-corrected chi connectivity index (χ4v) is 3.83. The van der Waals surface area contributed by atoms with Crippen molar-refractivity contribution in [2.24, 2.45) is 0 Å². The summed E-state index contributed by atoms with van der Waals surface area (Å²) in [6.07, 6.45) is 2.61. The Labute approximate surface area is 159 Å². The van der Waals surface area contributed by atoms with E-state index in [1.807, 2.05) is 35.6 Å². The minimum Gasteiger partial charge on any atom is -0.338 e. The van der Waals surface area contributed by atoms with Gasteiger partial charge in [0.15, 0.2) is 11.0 Å². The molecule has 0 amide bonds. The average molecular weight is 384 g/mol. The minimum absolute atomic E-state index is 0.0370. The molecule has 0 bridgehead atoms. The lowest BCUT2D eigenvalue weighted by molar-refractivity contribution is 0.384. The molecule has 0 aliphatic heterocycles. The first-order valence-corrected chi connectivity index (χ1v) is 10.0. The molecule has 1 aromatic carbocycles. The topological polar surface area (TPSA) is 91.1 Å². The number of para-hydroxylation sites is 1. The molecule has 3 aromatic heterocycles. The van der Waals surface area contributed by atoms with Crippen molar-refractivity contribution in [3.05, 3.63) is 46.3 Å². The van der Waals surface area contributed by atoms with Gasteiger partial charge in [-0.05, 0) is 25.0 Å². The van der Waals surface area contributed by atoms with Crippen molar-refractivity contribution < 1.29 is 4.52 Å². The third-order valence-electron chi connectivity index (χ3n) is 4.23. The van der Waals surface area contributed by atoms with Crippen molar-refractivity contribution >= 4 is 28.4 Å². The van der Waals surface area contributed by atoms with E-state index < -0.39 is 0 Å². The van der Waals surface area contributed by atoms with Crippen LogP contribution in [0, 0.1) is 0 Å². The summed E-state index contributed by atoms with van der Waals surface area (Å²) < 4.78 is 8.92. The van der Waals surface area contributed by atoms with Crippen molar-refractivity contribution in [1.29, 1.82) is 0 Å². The summed E-state index contributed by atoms with van der Waals surface area (Å²) in [5, 5.41) is 13.9. The first-order valence-electron chi connectivity index (χ1n) is 9.03. The zero-order valence-electron chi connectivity index (χ0n) is 15.3. The highest BCUT2D eigenvalue weighted by molar-refractivity contribution is 7.98. The maximum absolute atomic E-state index is 12.8. The normalized spacial score (nSPS) is 11.6. The van der Waals surface area contributed by atoms with Gasteiger partial charge in [-0.1, -0.05) is 42.9 Å². The standard InChI is InChI=1S/C18H20N6O2S/c1-3-7-14-19-15(26-22-14)11-27-18-21-20-17-23(10-4-2)16(25)12-8-5-6-9-13(12)24(17)18/h5-6,8-9H,3-4,7,10-11H2,1-2H3. The molecule has 0 aliphatic carbocycles. The summed E-state index contributed by atoms with van der Waals surface area (Å²) >= 11 is 1.47. The molecule has 0 spiro atoms. The number of hydrogen-bond donors (Lipinski definition) is 0. The number of aromatic nitrogens is 6. The molecule has 0 saturated heterocycles. The molecule has 0 aliphatic rings. The average Bonchev–Trinajstić information content (AvgIpc) is 3.31. The molecule has 0 saturated carbocycles. The molecule has 4 rings (SSSR count). The molecule has 140 valence electrons. The highest BCUT2D eigenvalue weighted by Crippen LogP contribution is 2.24. The summed E-state index contributed by atoms with van der Waals surface area (Å²) in [5.41, 5.74) is 0.763. The quantitative estimate of drug-likeness (QED) is 0.452. The Balaban J connectivity index is 1.76. The number of fused-ring (bicyclic) bond motifs is 3. The van der Waals surface area contributed by atoms with Gasteiger partial charge in [0.25, 0.3) is 5.56 Å². The van der Waals surface area contributed by atoms with Crippen LogP contribution in [0.1, 0.15) is 38.4 Å². The number of benzene rings is 1. The highest BCUT2D eigenvalue weighted by Gasteiger charge is 2.17. The molecular formula is C18H20N6O2S. The van der Waals surface area contributed by atoms with Crippen LogP contribution in [0.5, 0.6) is 0 Å². The Kier molecular flexibility index (Phi) is 4.93. The van der Waals surface area contributed by atoms with Crippen molar-refractivity contribution in [1.82, 2.24) is 29.3 Å². The van der Waals surface area contributed by atoms with E-state index in [-0.39, 0.29) is 5.56 Å².